The van der Waals surface area contributed by atoms with Crippen LogP contribution in [0.15, 0.2) is 18.2 Å². The van der Waals surface area contributed by atoms with Gasteiger partial charge in [-0.3, -0.25) is 25.0 Å². The van der Waals surface area contributed by atoms with Gasteiger partial charge in [0.05, 0.1) is 22.3 Å². The van der Waals surface area contributed by atoms with Crippen molar-refractivity contribution in [2.24, 2.45) is 0 Å². The van der Waals surface area contributed by atoms with Crippen molar-refractivity contribution >= 4 is 17.3 Å². The maximum absolute atomic E-state index is 11.8. The first-order chi connectivity index (χ1) is 10.3. The molecule has 0 aromatic heterocycles. The number of nitrogens with one attached hydrogen (secondary N) is 1. The Morgan fingerprint density at radius 1 is 1.23 bits per heavy atom. The molecule has 0 aliphatic heterocycles. The largest absolute Gasteiger partial charge is 0.356 e. The smallest absolute Gasteiger partial charge is 0.279 e. The summed E-state index contributed by atoms with van der Waals surface area (Å²) >= 11 is 0. The quantitative estimate of drug-likeness (QED) is 0.436. The number of nitro benzene ring substituents is 2. The van der Waals surface area contributed by atoms with Gasteiger partial charge in [-0.15, -0.1) is 0 Å². The van der Waals surface area contributed by atoms with Gasteiger partial charge in [0, 0.05) is 18.2 Å². The van der Waals surface area contributed by atoms with Crippen molar-refractivity contribution in [3.05, 3.63) is 44.0 Å². The molecule has 9 nitrogen and oxygen atoms in total. The molecule has 1 amide bonds. The van der Waals surface area contributed by atoms with Gasteiger partial charge in [-0.05, 0) is 33.1 Å². The fraction of sp³-hybridized carbons (Fsp3) is 0.462. The van der Waals surface area contributed by atoms with Crippen LogP contribution in [0.5, 0.6) is 0 Å². The molecule has 1 N–H and O–H groups in total. The molecule has 0 atom stereocenters. The molecule has 1 rings (SSSR count). The van der Waals surface area contributed by atoms with Crippen molar-refractivity contribution in [1.29, 1.82) is 0 Å². The molecule has 1 aromatic rings. The second-order valence-electron chi connectivity index (χ2n) is 5.01. The summed E-state index contributed by atoms with van der Waals surface area (Å²) < 4.78 is 0. The molecule has 1 aromatic carbocycles. The van der Waals surface area contributed by atoms with Gasteiger partial charge in [0.25, 0.3) is 11.4 Å². The zero-order chi connectivity index (χ0) is 16.7. The van der Waals surface area contributed by atoms with Crippen LogP contribution >= 0.6 is 0 Å². The molecule has 9 heteroatoms. The van der Waals surface area contributed by atoms with Gasteiger partial charge in [-0.25, -0.2) is 0 Å². The van der Waals surface area contributed by atoms with E-state index < -0.39 is 15.5 Å². The van der Waals surface area contributed by atoms with Gasteiger partial charge in [-0.1, -0.05) is 0 Å². The number of carbonyl (C=O) groups is 1. The third kappa shape index (κ3) is 5.44. The van der Waals surface area contributed by atoms with Crippen LogP contribution in [0.4, 0.5) is 11.4 Å². The number of hydrogen-bond acceptors (Lipinski definition) is 6. The van der Waals surface area contributed by atoms with Crippen molar-refractivity contribution in [3.8, 4) is 0 Å². The Bertz CT molecular complexity index is 574. The van der Waals surface area contributed by atoms with Crippen molar-refractivity contribution in [1.82, 2.24) is 10.2 Å². The molecular formula is C13H18N4O5. The summed E-state index contributed by atoms with van der Waals surface area (Å²) in [6.45, 7) is 1.29. The minimum Gasteiger partial charge on any atom is -0.356 e. The fourth-order valence-corrected chi connectivity index (χ4v) is 1.84. The van der Waals surface area contributed by atoms with Gasteiger partial charge in [0.15, 0.2) is 0 Å². The van der Waals surface area contributed by atoms with Crippen LogP contribution in [0, 0.1) is 20.2 Å². The highest BCUT2D eigenvalue weighted by Gasteiger charge is 2.20. The molecule has 0 saturated carbocycles. The first kappa shape index (κ1) is 17.5. The Morgan fingerprint density at radius 2 is 1.91 bits per heavy atom. The molecular weight excluding hydrogens is 292 g/mol. The van der Waals surface area contributed by atoms with E-state index in [0.29, 0.717) is 6.54 Å². The van der Waals surface area contributed by atoms with E-state index in [9.17, 15) is 25.0 Å². The predicted molar refractivity (Wildman–Crippen MR) is 79.6 cm³/mol. The SMILES string of the molecule is CN(C)CCCNC(=O)Cc1ccc([N+](=O)[O-])cc1[N+](=O)[O-]. The van der Waals surface area contributed by atoms with Crippen molar-refractivity contribution in [2.75, 3.05) is 27.2 Å². The van der Waals surface area contributed by atoms with Gasteiger partial charge in [-0.2, -0.15) is 0 Å². The number of benzene rings is 1. The van der Waals surface area contributed by atoms with Crippen LogP contribution in [0.25, 0.3) is 0 Å². The molecule has 0 aliphatic carbocycles. The van der Waals surface area contributed by atoms with E-state index in [0.717, 1.165) is 25.1 Å². The van der Waals surface area contributed by atoms with Gasteiger partial charge in [0.1, 0.15) is 0 Å². The topological polar surface area (TPSA) is 119 Å². The lowest BCUT2D eigenvalue weighted by Gasteiger charge is -2.10. The number of non-ortho nitro benzene ring substituents is 1. The highest BCUT2D eigenvalue weighted by Crippen LogP contribution is 2.24. The maximum Gasteiger partial charge on any atom is 0.279 e. The Balaban J connectivity index is 2.70. The van der Waals surface area contributed by atoms with E-state index in [1.165, 1.54) is 6.07 Å². The average molecular weight is 310 g/mol. The summed E-state index contributed by atoms with van der Waals surface area (Å²) in [7, 11) is 3.84. The lowest BCUT2D eigenvalue weighted by Crippen LogP contribution is -2.28. The molecule has 0 bridgehead atoms. The van der Waals surface area contributed by atoms with Crippen molar-refractivity contribution in [3.63, 3.8) is 0 Å². The average Bonchev–Trinajstić information content (AvgIpc) is 2.43. The van der Waals surface area contributed by atoms with Crippen molar-refractivity contribution in [2.45, 2.75) is 12.8 Å². The zero-order valence-corrected chi connectivity index (χ0v) is 12.4. The Morgan fingerprint density at radius 3 is 2.45 bits per heavy atom. The maximum atomic E-state index is 11.8. The summed E-state index contributed by atoms with van der Waals surface area (Å²) in [4.78, 5) is 33.9. The highest BCUT2D eigenvalue weighted by molar-refractivity contribution is 5.80. The van der Waals surface area contributed by atoms with Gasteiger partial charge < -0.3 is 10.2 Å². The molecule has 0 heterocycles. The standard InChI is InChI=1S/C13H18N4O5/c1-15(2)7-3-6-14-13(18)8-10-4-5-11(16(19)20)9-12(10)17(21)22/h4-5,9H,3,6-8H2,1-2H3,(H,14,18). The predicted octanol–water partition coefficient (Wildman–Crippen LogP) is 1.11. The molecule has 0 aliphatic rings. The first-order valence-electron chi connectivity index (χ1n) is 6.64. The van der Waals surface area contributed by atoms with Crippen LogP contribution in [0.2, 0.25) is 0 Å². The van der Waals surface area contributed by atoms with E-state index >= 15 is 0 Å². The van der Waals surface area contributed by atoms with Crippen LogP contribution < -0.4 is 5.32 Å². The van der Waals surface area contributed by atoms with E-state index in [4.69, 9.17) is 0 Å². The fourth-order valence-electron chi connectivity index (χ4n) is 1.84. The Kier molecular flexibility index (Phi) is 6.39. The molecule has 0 radical (unpaired) electrons. The minimum atomic E-state index is -0.721. The van der Waals surface area contributed by atoms with E-state index in [2.05, 4.69) is 5.32 Å². The normalized spacial score (nSPS) is 10.5. The summed E-state index contributed by atoms with van der Waals surface area (Å²) in [5.74, 6) is -0.351. The number of carbonyl (C=O) groups excluding carboxylic acids is 1. The van der Waals surface area contributed by atoms with Gasteiger partial charge >= 0.3 is 0 Å². The molecule has 0 spiro atoms. The van der Waals surface area contributed by atoms with Crippen molar-refractivity contribution < 1.29 is 14.6 Å². The summed E-state index contributed by atoms with van der Waals surface area (Å²) in [5.41, 5.74) is -0.639. The summed E-state index contributed by atoms with van der Waals surface area (Å²) in [5, 5.41) is 24.3. The van der Waals surface area contributed by atoms with E-state index in [1.54, 1.807) is 0 Å². The van der Waals surface area contributed by atoms with Gasteiger partial charge in [0.2, 0.25) is 5.91 Å². The second kappa shape index (κ2) is 8.03. The number of nitro groups is 2. The van der Waals surface area contributed by atoms with Crippen LogP contribution in [0.1, 0.15) is 12.0 Å². The third-order valence-electron chi connectivity index (χ3n) is 2.93. The van der Waals surface area contributed by atoms with Crippen LogP contribution in [-0.4, -0.2) is 47.8 Å². The zero-order valence-electron chi connectivity index (χ0n) is 12.4. The molecule has 0 fully saturated rings. The Labute approximate surface area is 127 Å². The van der Waals surface area contributed by atoms with Crippen LogP contribution in [0.3, 0.4) is 0 Å². The Hall–Kier alpha value is -2.55. The molecule has 120 valence electrons. The number of hydrogen-bond donors (Lipinski definition) is 1. The monoisotopic (exact) mass is 310 g/mol. The highest BCUT2D eigenvalue weighted by atomic mass is 16.6. The third-order valence-corrected chi connectivity index (χ3v) is 2.93. The number of nitrogens with zero attached hydrogens (tertiary/aromatic N) is 3. The van der Waals surface area contributed by atoms with E-state index in [-0.39, 0.29) is 23.6 Å². The van der Waals surface area contributed by atoms with E-state index in [1.807, 2.05) is 19.0 Å². The minimum absolute atomic E-state index is 0.153. The summed E-state index contributed by atoms with van der Waals surface area (Å²) in [6.07, 6.45) is 0.581. The lowest BCUT2D eigenvalue weighted by atomic mass is 10.1. The summed E-state index contributed by atoms with van der Waals surface area (Å²) in [6, 6.07) is 3.27. The second-order valence-corrected chi connectivity index (χ2v) is 5.01. The molecule has 22 heavy (non-hydrogen) atoms. The number of amides is 1. The molecule has 0 saturated heterocycles. The van der Waals surface area contributed by atoms with Crippen LogP contribution in [-0.2, 0) is 11.2 Å². The number of rotatable bonds is 8. The lowest BCUT2D eigenvalue weighted by molar-refractivity contribution is -0.394. The molecule has 0 unspecified atom stereocenters. The first-order valence-corrected chi connectivity index (χ1v) is 6.64.